The Kier molecular flexibility index (Phi) is 6.24. The summed E-state index contributed by atoms with van der Waals surface area (Å²) in [5, 5.41) is 13.5. The summed E-state index contributed by atoms with van der Waals surface area (Å²) in [5.41, 5.74) is 0.260. The summed E-state index contributed by atoms with van der Waals surface area (Å²) in [6.07, 6.45) is 4.55. The number of fused-ring (bicyclic) bond motifs is 1. The lowest BCUT2D eigenvalue weighted by molar-refractivity contribution is -0.384. The van der Waals surface area contributed by atoms with E-state index in [4.69, 9.17) is 4.74 Å². The second kappa shape index (κ2) is 8.85. The molecule has 1 aromatic carbocycles. The van der Waals surface area contributed by atoms with Crippen molar-refractivity contribution in [1.29, 1.82) is 0 Å². The van der Waals surface area contributed by atoms with Crippen molar-refractivity contribution in [3.63, 3.8) is 0 Å². The van der Waals surface area contributed by atoms with Crippen LogP contribution in [0.1, 0.15) is 24.8 Å². The van der Waals surface area contributed by atoms with Gasteiger partial charge >= 0.3 is 5.97 Å². The Labute approximate surface area is 172 Å². The van der Waals surface area contributed by atoms with Gasteiger partial charge in [-0.05, 0) is 25.3 Å². The third kappa shape index (κ3) is 4.37. The molecule has 0 aromatic heterocycles. The van der Waals surface area contributed by atoms with Crippen LogP contribution in [0.5, 0.6) is 0 Å². The van der Waals surface area contributed by atoms with E-state index in [9.17, 15) is 29.3 Å². The molecule has 0 spiro atoms. The average Bonchev–Trinajstić information content (AvgIpc) is 2.96. The standard InChI is InChI=1S/C20H21N3O7/c1-12-5-4-8-15(23(28)29)18(12)21-16(24)11-30-17(25)9-10-22-19(26)13-6-2-3-7-14(13)20(22)27/h2-5,8,13-14H,6-7,9-11H2,1H3,(H,21,24)/t13-,14+. The minimum Gasteiger partial charge on any atom is -0.456 e. The monoisotopic (exact) mass is 415 g/mol. The molecule has 1 aliphatic carbocycles. The number of nitrogens with zero attached hydrogens (tertiary/aromatic N) is 2. The lowest BCUT2D eigenvalue weighted by Crippen LogP contribution is -2.33. The first-order valence-electron chi connectivity index (χ1n) is 9.49. The number of nitro groups is 1. The predicted octanol–water partition coefficient (Wildman–Crippen LogP) is 1.73. The van der Waals surface area contributed by atoms with Crippen molar-refractivity contribution < 1.29 is 28.8 Å². The first-order chi connectivity index (χ1) is 14.3. The summed E-state index contributed by atoms with van der Waals surface area (Å²) in [6.45, 7) is 0.863. The number of amides is 3. The molecular weight excluding hydrogens is 394 g/mol. The van der Waals surface area contributed by atoms with Gasteiger partial charge in [-0.1, -0.05) is 24.3 Å². The van der Waals surface area contributed by atoms with Crippen molar-refractivity contribution in [2.24, 2.45) is 11.8 Å². The molecule has 10 nitrogen and oxygen atoms in total. The maximum atomic E-state index is 12.4. The molecule has 1 aliphatic heterocycles. The number of nitrogens with one attached hydrogen (secondary N) is 1. The topological polar surface area (TPSA) is 136 Å². The highest BCUT2D eigenvalue weighted by atomic mass is 16.6. The summed E-state index contributed by atoms with van der Waals surface area (Å²) >= 11 is 0. The molecular formula is C20H21N3O7. The Hall–Kier alpha value is -3.56. The Morgan fingerprint density at radius 2 is 1.83 bits per heavy atom. The molecule has 3 rings (SSSR count). The van der Waals surface area contributed by atoms with Crippen LogP contribution in [0.15, 0.2) is 30.4 Å². The Bertz CT molecular complexity index is 914. The highest BCUT2D eigenvalue weighted by Crippen LogP contribution is 2.35. The van der Waals surface area contributed by atoms with Gasteiger partial charge in [0.15, 0.2) is 6.61 Å². The SMILES string of the molecule is Cc1cccc([N+](=O)[O-])c1NC(=O)COC(=O)CCN1C(=O)[C@H]2CC=CC[C@H]2C1=O. The number of para-hydroxylation sites is 1. The van der Waals surface area contributed by atoms with E-state index in [1.54, 1.807) is 13.0 Å². The second-order valence-electron chi connectivity index (χ2n) is 7.17. The lowest BCUT2D eigenvalue weighted by atomic mass is 9.85. The molecule has 158 valence electrons. The fraction of sp³-hybridized carbons (Fsp3) is 0.400. The summed E-state index contributed by atoms with van der Waals surface area (Å²) in [6, 6.07) is 4.36. The van der Waals surface area contributed by atoms with Gasteiger partial charge in [0.2, 0.25) is 11.8 Å². The van der Waals surface area contributed by atoms with Crippen LogP contribution in [0.25, 0.3) is 0 Å². The van der Waals surface area contributed by atoms with Crippen molar-refractivity contribution in [3.8, 4) is 0 Å². The van der Waals surface area contributed by atoms with Crippen LogP contribution in [0, 0.1) is 28.9 Å². The molecule has 3 amide bonds. The van der Waals surface area contributed by atoms with Crippen molar-refractivity contribution in [1.82, 2.24) is 4.90 Å². The number of allylic oxidation sites excluding steroid dienone is 2. The quantitative estimate of drug-likeness (QED) is 0.235. The summed E-state index contributed by atoms with van der Waals surface area (Å²) in [4.78, 5) is 60.2. The number of imide groups is 1. The molecule has 0 unspecified atom stereocenters. The third-order valence-corrected chi connectivity index (χ3v) is 5.21. The highest BCUT2D eigenvalue weighted by molar-refractivity contribution is 6.05. The van der Waals surface area contributed by atoms with E-state index in [1.807, 2.05) is 12.2 Å². The van der Waals surface area contributed by atoms with Crippen LogP contribution >= 0.6 is 0 Å². The van der Waals surface area contributed by atoms with Gasteiger partial charge in [0.05, 0.1) is 23.2 Å². The number of esters is 1. The summed E-state index contributed by atoms with van der Waals surface area (Å²) in [7, 11) is 0. The molecule has 1 heterocycles. The number of hydrogen-bond acceptors (Lipinski definition) is 7. The van der Waals surface area contributed by atoms with E-state index in [1.165, 1.54) is 12.1 Å². The minimum absolute atomic E-state index is 0.0352. The zero-order valence-corrected chi connectivity index (χ0v) is 16.3. The molecule has 1 aromatic rings. The molecule has 30 heavy (non-hydrogen) atoms. The number of benzene rings is 1. The van der Waals surface area contributed by atoms with Gasteiger partial charge in [-0.15, -0.1) is 0 Å². The van der Waals surface area contributed by atoms with E-state index in [0.717, 1.165) is 4.90 Å². The molecule has 2 atom stereocenters. The summed E-state index contributed by atoms with van der Waals surface area (Å²) < 4.78 is 4.88. The number of carbonyl (C=O) groups excluding carboxylic acids is 4. The summed E-state index contributed by atoms with van der Waals surface area (Å²) in [5.74, 6) is -2.79. The molecule has 2 aliphatic rings. The average molecular weight is 415 g/mol. The van der Waals surface area contributed by atoms with Gasteiger partial charge in [0, 0.05) is 12.6 Å². The second-order valence-corrected chi connectivity index (χ2v) is 7.17. The van der Waals surface area contributed by atoms with Gasteiger partial charge in [0.1, 0.15) is 5.69 Å². The van der Waals surface area contributed by atoms with Crippen LogP contribution in [0.3, 0.4) is 0 Å². The smallest absolute Gasteiger partial charge is 0.308 e. The molecule has 0 saturated carbocycles. The number of aryl methyl sites for hydroxylation is 1. The first kappa shape index (κ1) is 21.2. The largest absolute Gasteiger partial charge is 0.456 e. The van der Waals surface area contributed by atoms with Crippen molar-refractivity contribution >= 4 is 35.1 Å². The Balaban J connectivity index is 1.49. The van der Waals surface area contributed by atoms with Crippen LogP contribution in [0.2, 0.25) is 0 Å². The third-order valence-electron chi connectivity index (χ3n) is 5.21. The number of ether oxygens (including phenoxy) is 1. The first-order valence-corrected chi connectivity index (χ1v) is 9.49. The van der Waals surface area contributed by atoms with Crippen LogP contribution in [-0.4, -0.2) is 46.7 Å². The van der Waals surface area contributed by atoms with Crippen LogP contribution in [-0.2, 0) is 23.9 Å². The molecule has 10 heteroatoms. The number of nitro benzene ring substituents is 1. The van der Waals surface area contributed by atoms with Crippen molar-refractivity contribution in [3.05, 3.63) is 46.0 Å². The predicted molar refractivity (Wildman–Crippen MR) is 104 cm³/mol. The zero-order chi connectivity index (χ0) is 21.8. The zero-order valence-electron chi connectivity index (χ0n) is 16.3. The highest BCUT2D eigenvalue weighted by Gasteiger charge is 2.46. The fourth-order valence-electron chi connectivity index (χ4n) is 3.65. The maximum Gasteiger partial charge on any atom is 0.308 e. The van der Waals surface area contributed by atoms with E-state index in [0.29, 0.717) is 18.4 Å². The number of anilines is 1. The number of hydrogen-bond donors (Lipinski definition) is 1. The lowest BCUT2D eigenvalue weighted by Gasteiger charge is -2.14. The van der Waals surface area contributed by atoms with Crippen molar-refractivity contribution in [2.45, 2.75) is 26.2 Å². The van der Waals surface area contributed by atoms with E-state index in [2.05, 4.69) is 5.32 Å². The van der Waals surface area contributed by atoms with E-state index < -0.39 is 23.4 Å². The van der Waals surface area contributed by atoms with E-state index >= 15 is 0 Å². The Morgan fingerprint density at radius 3 is 2.43 bits per heavy atom. The Morgan fingerprint density at radius 1 is 1.20 bits per heavy atom. The van der Waals surface area contributed by atoms with Gasteiger partial charge in [0.25, 0.3) is 11.6 Å². The number of carbonyl (C=O) groups is 4. The van der Waals surface area contributed by atoms with Gasteiger partial charge in [-0.2, -0.15) is 0 Å². The molecule has 1 saturated heterocycles. The normalized spacial score (nSPS) is 20.1. The fourth-order valence-corrected chi connectivity index (χ4v) is 3.65. The van der Waals surface area contributed by atoms with E-state index in [-0.39, 0.29) is 48.0 Å². The maximum absolute atomic E-state index is 12.4. The van der Waals surface area contributed by atoms with Gasteiger partial charge < -0.3 is 10.1 Å². The van der Waals surface area contributed by atoms with Crippen LogP contribution < -0.4 is 5.32 Å². The van der Waals surface area contributed by atoms with Gasteiger partial charge in [-0.3, -0.25) is 34.2 Å². The molecule has 1 fully saturated rings. The molecule has 1 N–H and O–H groups in total. The van der Waals surface area contributed by atoms with Crippen molar-refractivity contribution in [2.75, 3.05) is 18.5 Å². The minimum atomic E-state index is -0.752. The number of likely N-dealkylation sites (tertiary alicyclic amines) is 1. The van der Waals surface area contributed by atoms with Crippen LogP contribution in [0.4, 0.5) is 11.4 Å². The molecule has 0 bridgehead atoms. The molecule has 0 radical (unpaired) electrons. The number of rotatable bonds is 7. The van der Waals surface area contributed by atoms with Gasteiger partial charge in [-0.25, -0.2) is 0 Å².